The third-order valence-corrected chi connectivity index (χ3v) is 2.51. The second kappa shape index (κ2) is 5.27. The minimum atomic E-state index is -1.48. The highest BCUT2D eigenvalue weighted by atomic mass is 16.5. The molecule has 0 spiro atoms. The molecule has 0 atom stereocenters. The normalized spacial score (nSPS) is 11.0. The maximum Gasteiger partial charge on any atom is 0.197 e. The summed E-state index contributed by atoms with van der Waals surface area (Å²) in [6.45, 7) is 2.84. The summed E-state index contributed by atoms with van der Waals surface area (Å²) in [5.74, 6) is 0.757. The number of Topliss-reactive ketones (excluding diaryl/α,β-unsaturated/α-hetero) is 1. The van der Waals surface area contributed by atoms with E-state index in [1.807, 2.05) is 0 Å². The van der Waals surface area contributed by atoms with Gasteiger partial charge in [-0.05, 0) is 19.9 Å². The number of carbonyl (C=O) groups is 1. The second-order valence-corrected chi connectivity index (χ2v) is 4.30. The first kappa shape index (κ1) is 14.3. The molecule has 0 aliphatic rings. The summed E-state index contributed by atoms with van der Waals surface area (Å²) < 4.78 is 15.4. The standard InChI is InChI=1S/C13H18O5/c1-13(2,15)12(14)8-6-10(17-4)11(18-5)7-9(8)16-3/h6-7,15H,1-5H3. The van der Waals surface area contributed by atoms with Crippen LogP contribution in [0.1, 0.15) is 24.2 Å². The van der Waals surface area contributed by atoms with Crippen molar-refractivity contribution in [2.45, 2.75) is 19.4 Å². The number of benzene rings is 1. The Hall–Kier alpha value is -1.75. The van der Waals surface area contributed by atoms with Crippen LogP contribution < -0.4 is 14.2 Å². The molecular weight excluding hydrogens is 236 g/mol. The number of rotatable bonds is 5. The van der Waals surface area contributed by atoms with Gasteiger partial charge in [0.2, 0.25) is 0 Å². The van der Waals surface area contributed by atoms with E-state index in [4.69, 9.17) is 14.2 Å². The van der Waals surface area contributed by atoms with E-state index in [0.29, 0.717) is 17.2 Å². The van der Waals surface area contributed by atoms with E-state index >= 15 is 0 Å². The smallest absolute Gasteiger partial charge is 0.197 e. The third-order valence-electron chi connectivity index (χ3n) is 2.51. The number of methoxy groups -OCH3 is 3. The monoisotopic (exact) mass is 254 g/mol. The lowest BCUT2D eigenvalue weighted by Gasteiger charge is -2.19. The Balaban J connectivity index is 3.39. The summed E-state index contributed by atoms with van der Waals surface area (Å²) in [6, 6.07) is 3.05. The molecule has 0 heterocycles. The minimum absolute atomic E-state index is 0.252. The van der Waals surface area contributed by atoms with Gasteiger partial charge >= 0.3 is 0 Å². The zero-order chi connectivity index (χ0) is 13.9. The first-order chi connectivity index (χ1) is 8.35. The zero-order valence-corrected chi connectivity index (χ0v) is 11.2. The van der Waals surface area contributed by atoms with Gasteiger partial charge in [0.05, 0.1) is 26.9 Å². The first-order valence-corrected chi connectivity index (χ1v) is 5.42. The van der Waals surface area contributed by atoms with Gasteiger partial charge in [0.15, 0.2) is 17.3 Å². The Morgan fingerprint density at radius 2 is 1.44 bits per heavy atom. The Morgan fingerprint density at radius 1 is 1.00 bits per heavy atom. The molecule has 1 aromatic rings. The molecule has 18 heavy (non-hydrogen) atoms. The minimum Gasteiger partial charge on any atom is -0.496 e. The highest BCUT2D eigenvalue weighted by molar-refractivity contribution is 6.04. The molecule has 0 amide bonds. The van der Waals surface area contributed by atoms with E-state index in [0.717, 1.165) is 0 Å². The molecule has 5 heteroatoms. The van der Waals surface area contributed by atoms with E-state index < -0.39 is 11.4 Å². The van der Waals surface area contributed by atoms with Gasteiger partial charge in [0.25, 0.3) is 0 Å². The van der Waals surface area contributed by atoms with Crippen molar-refractivity contribution in [3.05, 3.63) is 17.7 Å². The van der Waals surface area contributed by atoms with Crippen molar-refractivity contribution in [1.29, 1.82) is 0 Å². The van der Waals surface area contributed by atoms with Gasteiger partial charge in [0, 0.05) is 6.07 Å². The van der Waals surface area contributed by atoms with Crippen LogP contribution in [0.25, 0.3) is 0 Å². The van der Waals surface area contributed by atoms with Crippen molar-refractivity contribution in [1.82, 2.24) is 0 Å². The highest BCUT2D eigenvalue weighted by Crippen LogP contribution is 2.36. The molecular formula is C13H18O5. The molecule has 1 aromatic carbocycles. The van der Waals surface area contributed by atoms with E-state index in [1.165, 1.54) is 41.2 Å². The number of aliphatic hydroxyl groups is 1. The Morgan fingerprint density at radius 3 is 1.83 bits per heavy atom. The third kappa shape index (κ3) is 2.73. The van der Waals surface area contributed by atoms with Gasteiger partial charge in [0.1, 0.15) is 11.4 Å². The van der Waals surface area contributed by atoms with E-state index in [2.05, 4.69) is 0 Å². The molecule has 100 valence electrons. The van der Waals surface area contributed by atoms with Crippen molar-refractivity contribution >= 4 is 5.78 Å². The highest BCUT2D eigenvalue weighted by Gasteiger charge is 2.29. The maximum atomic E-state index is 12.1. The fourth-order valence-electron chi connectivity index (χ4n) is 1.54. The number of hydrogen-bond donors (Lipinski definition) is 1. The molecule has 0 bridgehead atoms. The summed E-state index contributed by atoms with van der Waals surface area (Å²) >= 11 is 0. The van der Waals surface area contributed by atoms with Gasteiger partial charge in [-0.25, -0.2) is 0 Å². The summed E-state index contributed by atoms with van der Waals surface area (Å²) in [4.78, 5) is 12.1. The molecule has 1 rings (SSSR count). The van der Waals surface area contributed by atoms with Crippen LogP contribution in [0, 0.1) is 0 Å². The predicted octanol–water partition coefficient (Wildman–Crippen LogP) is 1.67. The van der Waals surface area contributed by atoms with Crippen LogP contribution in [0.2, 0.25) is 0 Å². The molecule has 0 aliphatic heterocycles. The topological polar surface area (TPSA) is 65.0 Å². The largest absolute Gasteiger partial charge is 0.496 e. The second-order valence-electron chi connectivity index (χ2n) is 4.30. The molecule has 0 saturated heterocycles. The molecule has 1 N–H and O–H groups in total. The average Bonchev–Trinajstić information content (AvgIpc) is 2.34. The van der Waals surface area contributed by atoms with E-state index in [-0.39, 0.29) is 5.56 Å². The molecule has 0 aliphatic carbocycles. The maximum absolute atomic E-state index is 12.1. The summed E-state index contributed by atoms with van der Waals surface area (Å²) in [5.41, 5.74) is -1.23. The number of carbonyl (C=O) groups excluding carboxylic acids is 1. The number of ketones is 1. The summed E-state index contributed by atoms with van der Waals surface area (Å²) in [6.07, 6.45) is 0. The molecule has 0 saturated carbocycles. The Bertz CT molecular complexity index is 445. The fraction of sp³-hybridized carbons (Fsp3) is 0.462. The van der Waals surface area contributed by atoms with Gasteiger partial charge in [-0.2, -0.15) is 0 Å². The van der Waals surface area contributed by atoms with Crippen LogP contribution in [-0.2, 0) is 0 Å². The van der Waals surface area contributed by atoms with E-state index in [9.17, 15) is 9.90 Å². The molecule has 0 unspecified atom stereocenters. The van der Waals surface area contributed by atoms with Crippen LogP contribution >= 0.6 is 0 Å². The molecule has 0 fully saturated rings. The lowest BCUT2D eigenvalue weighted by molar-refractivity contribution is 0.0484. The lowest BCUT2D eigenvalue weighted by atomic mass is 9.96. The zero-order valence-electron chi connectivity index (χ0n) is 11.2. The Labute approximate surface area is 106 Å². The van der Waals surface area contributed by atoms with Crippen molar-refractivity contribution in [3.8, 4) is 17.2 Å². The lowest BCUT2D eigenvalue weighted by Crippen LogP contribution is -2.31. The Kier molecular flexibility index (Phi) is 4.19. The van der Waals surface area contributed by atoms with Crippen LogP contribution in [0.5, 0.6) is 17.2 Å². The van der Waals surface area contributed by atoms with Gasteiger partial charge in [-0.15, -0.1) is 0 Å². The predicted molar refractivity (Wildman–Crippen MR) is 66.7 cm³/mol. The summed E-state index contributed by atoms with van der Waals surface area (Å²) in [5, 5.41) is 9.77. The molecule has 0 aromatic heterocycles. The SMILES string of the molecule is COc1cc(OC)c(C(=O)C(C)(C)O)cc1OC. The van der Waals surface area contributed by atoms with Crippen LogP contribution in [-0.4, -0.2) is 37.8 Å². The van der Waals surface area contributed by atoms with Crippen LogP contribution in [0.15, 0.2) is 12.1 Å². The van der Waals surface area contributed by atoms with E-state index in [1.54, 1.807) is 6.07 Å². The van der Waals surface area contributed by atoms with Crippen LogP contribution in [0.4, 0.5) is 0 Å². The van der Waals surface area contributed by atoms with Crippen molar-refractivity contribution in [3.63, 3.8) is 0 Å². The fourth-order valence-corrected chi connectivity index (χ4v) is 1.54. The summed E-state index contributed by atoms with van der Waals surface area (Å²) in [7, 11) is 4.42. The van der Waals surface area contributed by atoms with Gasteiger partial charge < -0.3 is 19.3 Å². The van der Waals surface area contributed by atoms with Crippen molar-refractivity contribution in [2.75, 3.05) is 21.3 Å². The van der Waals surface area contributed by atoms with Crippen molar-refractivity contribution < 1.29 is 24.1 Å². The van der Waals surface area contributed by atoms with Gasteiger partial charge in [-0.1, -0.05) is 0 Å². The number of hydrogen-bond acceptors (Lipinski definition) is 5. The van der Waals surface area contributed by atoms with Gasteiger partial charge in [-0.3, -0.25) is 4.79 Å². The average molecular weight is 254 g/mol. The molecule has 0 radical (unpaired) electrons. The molecule has 5 nitrogen and oxygen atoms in total. The quantitative estimate of drug-likeness (QED) is 0.810. The number of ether oxygens (including phenoxy) is 3. The van der Waals surface area contributed by atoms with Crippen molar-refractivity contribution in [2.24, 2.45) is 0 Å². The van der Waals surface area contributed by atoms with Crippen LogP contribution in [0.3, 0.4) is 0 Å². The first-order valence-electron chi connectivity index (χ1n) is 5.42.